The molecule has 3 aromatic rings. The number of rotatable bonds is 6. The van der Waals surface area contributed by atoms with Gasteiger partial charge in [0.2, 0.25) is 5.91 Å². The van der Waals surface area contributed by atoms with Crippen molar-refractivity contribution in [3.05, 3.63) is 89.0 Å². The summed E-state index contributed by atoms with van der Waals surface area (Å²) in [5.41, 5.74) is 1.70. The van der Waals surface area contributed by atoms with Crippen LogP contribution in [0.3, 0.4) is 0 Å². The van der Waals surface area contributed by atoms with E-state index < -0.39 is 16.9 Å². The maximum atomic E-state index is 14.8. The van der Waals surface area contributed by atoms with E-state index in [1.165, 1.54) is 0 Å². The lowest BCUT2D eigenvalue weighted by molar-refractivity contribution is -0.137. The van der Waals surface area contributed by atoms with E-state index in [2.05, 4.69) is 22.5 Å². The van der Waals surface area contributed by atoms with Crippen LogP contribution in [0.4, 0.5) is 11.4 Å². The van der Waals surface area contributed by atoms with E-state index >= 15 is 0 Å². The van der Waals surface area contributed by atoms with Crippen molar-refractivity contribution in [3.8, 4) is 5.75 Å². The van der Waals surface area contributed by atoms with Crippen LogP contribution < -0.4 is 15.4 Å². The fourth-order valence-corrected chi connectivity index (χ4v) is 8.10. The number of Topliss-reactive ketones (excluding diaryl/α,β-unsaturated/α-hetero) is 1. The number of amides is 2. The van der Waals surface area contributed by atoms with Crippen LogP contribution in [-0.4, -0.2) is 41.7 Å². The molecular formula is C33H33N3O4. The molecule has 7 rings (SSSR count). The molecule has 3 aromatic carbocycles. The third kappa shape index (κ3) is 2.96. The molecule has 4 atom stereocenters. The monoisotopic (exact) mass is 535 g/mol. The Labute approximate surface area is 233 Å². The third-order valence-electron chi connectivity index (χ3n) is 9.47. The number of ether oxygens (including phenoxy) is 1. The number of fused-ring (bicyclic) bond motifs is 7. The third-order valence-corrected chi connectivity index (χ3v) is 9.47. The van der Waals surface area contributed by atoms with Crippen molar-refractivity contribution in [2.24, 2.45) is 5.92 Å². The first kappa shape index (κ1) is 25.0. The van der Waals surface area contributed by atoms with E-state index in [0.29, 0.717) is 30.2 Å². The molecular weight excluding hydrogens is 502 g/mol. The van der Waals surface area contributed by atoms with E-state index in [4.69, 9.17) is 4.74 Å². The SMILES string of the molecule is CCCOc1cccc(C(=O)[C@H]2[C@H]3CCCN3[C@]3(C(=O)Nc4c(CC)cccc43)[C@]23C(=O)Nc2ccccc23)c1. The summed E-state index contributed by atoms with van der Waals surface area (Å²) in [5.74, 6) is -0.773. The van der Waals surface area contributed by atoms with Gasteiger partial charge in [-0.05, 0) is 61.6 Å². The summed E-state index contributed by atoms with van der Waals surface area (Å²) in [6.07, 6.45) is 3.18. The predicted molar refractivity (Wildman–Crippen MR) is 153 cm³/mol. The van der Waals surface area contributed by atoms with Crippen molar-refractivity contribution in [3.63, 3.8) is 0 Å². The fraction of sp³-hybridized carbons (Fsp3) is 0.364. The molecule has 7 heteroatoms. The molecule has 4 heterocycles. The highest BCUT2D eigenvalue weighted by Crippen LogP contribution is 2.68. The summed E-state index contributed by atoms with van der Waals surface area (Å²) in [5, 5.41) is 6.31. The molecule has 0 aromatic heterocycles. The summed E-state index contributed by atoms with van der Waals surface area (Å²) in [7, 11) is 0. The van der Waals surface area contributed by atoms with Gasteiger partial charge in [0.15, 0.2) is 5.78 Å². The maximum absolute atomic E-state index is 14.8. The van der Waals surface area contributed by atoms with Crippen molar-refractivity contribution in [2.75, 3.05) is 23.8 Å². The van der Waals surface area contributed by atoms with Crippen LogP contribution in [0, 0.1) is 5.92 Å². The number of nitrogens with zero attached hydrogens (tertiary/aromatic N) is 1. The molecule has 4 aliphatic heterocycles. The van der Waals surface area contributed by atoms with Gasteiger partial charge >= 0.3 is 0 Å². The number of carbonyl (C=O) groups is 3. The zero-order valence-electron chi connectivity index (χ0n) is 22.8. The Morgan fingerprint density at radius 3 is 2.60 bits per heavy atom. The molecule has 2 N–H and O–H groups in total. The summed E-state index contributed by atoms with van der Waals surface area (Å²) < 4.78 is 5.87. The van der Waals surface area contributed by atoms with Crippen LogP contribution in [0.25, 0.3) is 0 Å². The van der Waals surface area contributed by atoms with Gasteiger partial charge < -0.3 is 15.4 Å². The van der Waals surface area contributed by atoms with Crippen molar-refractivity contribution in [2.45, 2.75) is 56.5 Å². The zero-order valence-corrected chi connectivity index (χ0v) is 22.8. The molecule has 0 unspecified atom stereocenters. The molecule has 2 amide bonds. The van der Waals surface area contributed by atoms with Crippen LogP contribution in [0.5, 0.6) is 5.75 Å². The highest BCUT2D eigenvalue weighted by molar-refractivity contribution is 6.21. The summed E-state index contributed by atoms with van der Waals surface area (Å²) >= 11 is 0. The van der Waals surface area contributed by atoms with Crippen LogP contribution in [0.1, 0.15) is 60.2 Å². The number of ketones is 1. The second-order valence-corrected chi connectivity index (χ2v) is 11.3. The van der Waals surface area contributed by atoms with Crippen molar-refractivity contribution in [1.82, 2.24) is 4.90 Å². The number of benzene rings is 3. The number of hydrogen-bond acceptors (Lipinski definition) is 5. The predicted octanol–water partition coefficient (Wildman–Crippen LogP) is 5.05. The number of hydrogen-bond donors (Lipinski definition) is 2. The minimum absolute atomic E-state index is 0.129. The average molecular weight is 536 g/mol. The largest absolute Gasteiger partial charge is 0.494 e. The first-order valence-electron chi connectivity index (χ1n) is 14.4. The Hall–Kier alpha value is -3.97. The van der Waals surface area contributed by atoms with Crippen LogP contribution in [0.15, 0.2) is 66.7 Å². The standard InChI is InChI=1S/C33H33N3O4/c1-3-18-40-22-12-7-11-21(19-22)29(37)27-26-16-9-17-36(26)33(24-14-8-10-20(4-2)28(24)35-31(33)39)32(27)23-13-5-6-15-25(23)34-30(32)38/h5-8,10-15,19,26-27H,3-4,9,16-18H2,1-2H3,(H,34,38)(H,35,39)/t26-,27-,32+,33-/m1/s1. The van der Waals surface area contributed by atoms with Gasteiger partial charge in [-0.3, -0.25) is 19.3 Å². The summed E-state index contributed by atoms with van der Waals surface area (Å²) in [6.45, 7) is 5.29. The lowest BCUT2D eigenvalue weighted by Gasteiger charge is -2.43. The minimum Gasteiger partial charge on any atom is -0.494 e. The summed E-state index contributed by atoms with van der Waals surface area (Å²) in [4.78, 5) is 46.2. The smallest absolute Gasteiger partial charge is 0.251 e. The lowest BCUT2D eigenvalue weighted by Crippen LogP contribution is -2.62. The van der Waals surface area contributed by atoms with Gasteiger partial charge in [-0.15, -0.1) is 0 Å². The number of carbonyl (C=O) groups excluding carboxylic acids is 3. The molecule has 2 spiro atoms. The van der Waals surface area contributed by atoms with Crippen LogP contribution in [0.2, 0.25) is 0 Å². The Kier molecular flexibility index (Phi) is 5.65. The molecule has 40 heavy (non-hydrogen) atoms. The Bertz CT molecular complexity index is 1570. The highest BCUT2D eigenvalue weighted by atomic mass is 16.5. The zero-order chi connectivity index (χ0) is 27.6. The van der Waals surface area contributed by atoms with Crippen LogP contribution >= 0.6 is 0 Å². The summed E-state index contributed by atoms with van der Waals surface area (Å²) in [6, 6.07) is 20.5. The molecule has 2 saturated heterocycles. The Morgan fingerprint density at radius 2 is 1.77 bits per heavy atom. The van der Waals surface area contributed by atoms with Gasteiger partial charge in [-0.1, -0.05) is 62.4 Å². The van der Waals surface area contributed by atoms with Crippen molar-refractivity contribution >= 4 is 29.0 Å². The molecule has 0 aliphatic carbocycles. The average Bonchev–Trinajstić information content (AvgIpc) is 3.70. The quantitative estimate of drug-likeness (QED) is 0.431. The van der Waals surface area contributed by atoms with Gasteiger partial charge in [-0.2, -0.15) is 0 Å². The molecule has 0 bridgehead atoms. The van der Waals surface area contributed by atoms with E-state index in [1.807, 2.05) is 61.5 Å². The Morgan fingerprint density at radius 1 is 0.975 bits per heavy atom. The van der Waals surface area contributed by atoms with E-state index in [-0.39, 0.29) is 23.6 Å². The van der Waals surface area contributed by atoms with Gasteiger partial charge in [0.25, 0.3) is 5.91 Å². The molecule has 204 valence electrons. The second kappa shape index (κ2) is 9.03. The van der Waals surface area contributed by atoms with Gasteiger partial charge in [0.05, 0.1) is 12.5 Å². The first-order chi connectivity index (χ1) is 19.5. The van der Waals surface area contributed by atoms with Gasteiger partial charge in [-0.25, -0.2) is 0 Å². The van der Waals surface area contributed by atoms with E-state index in [1.54, 1.807) is 12.1 Å². The first-order valence-corrected chi connectivity index (χ1v) is 14.4. The topological polar surface area (TPSA) is 87.7 Å². The van der Waals surface area contributed by atoms with Crippen LogP contribution in [-0.2, 0) is 27.0 Å². The maximum Gasteiger partial charge on any atom is 0.251 e. The lowest BCUT2D eigenvalue weighted by atomic mass is 9.57. The van der Waals surface area contributed by atoms with Crippen molar-refractivity contribution < 1.29 is 19.1 Å². The number of aryl methyl sites for hydroxylation is 1. The Balaban J connectivity index is 1.52. The molecule has 7 nitrogen and oxygen atoms in total. The van der Waals surface area contributed by atoms with Gasteiger partial charge in [0.1, 0.15) is 16.7 Å². The second-order valence-electron chi connectivity index (χ2n) is 11.3. The van der Waals surface area contributed by atoms with E-state index in [0.717, 1.165) is 48.1 Å². The molecule has 2 fully saturated rings. The molecule has 4 aliphatic rings. The number of anilines is 2. The fourth-order valence-electron chi connectivity index (χ4n) is 8.10. The van der Waals surface area contributed by atoms with Gasteiger partial charge in [0, 0.05) is 28.5 Å². The minimum atomic E-state index is -1.44. The molecule has 0 radical (unpaired) electrons. The molecule has 0 saturated carbocycles. The number of nitrogens with one attached hydrogen (secondary N) is 2. The van der Waals surface area contributed by atoms with Crippen molar-refractivity contribution in [1.29, 1.82) is 0 Å². The highest BCUT2D eigenvalue weighted by Gasteiger charge is 2.81. The number of para-hydroxylation sites is 2. The van der Waals surface area contributed by atoms with E-state index in [9.17, 15) is 14.4 Å². The normalized spacial score (nSPS) is 27.9.